The molecule has 2 spiro atoms. The van der Waals surface area contributed by atoms with Crippen LogP contribution < -0.4 is 16.0 Å². The summed E-state index contributed by atoms with van der Waals surface area (Å²) in [7, 11) is 0. The summed E-state index contributed by atoms with van der Waals surface area (Å²) in [4.78, 5) is 28.3. The van der Waals surface area contributed by atoms with Crippen molar-refractivity contribution in [3.8, 4) is 0 Å². The Morgan fingerprint density at radius 3 is 2.49 bits per heavy atom. The van der Waals surface area contributed by atoms with Gasteiger partial charge >= 0.3 is 0 Å². The molecule has 2 amide bonds. The van der Waals surface area contributed by atoms with E-state index >= 15 is 4.39 Å². The Balaban J connectivity index is 1.56. The predicted molar refractivity (Wildman–Crippen MR) is 144 cm³/mol. The van der Waals surface area contributed by atoms with Crippen molar-refractivity contribution in [1.29, 1.82) is 0 Å². The van der Waals surface area contributed by atoms with Crippen molar-refractivity contribution in [2.75, 3.05) is 5.32 Å². The molecule has 2 aliphatic heterocycles. The summed E-state index contributed by atoms with van der Waals surface area (Å²) in [5, 5.41) is 10.5. The van der Waals surface area contributed by atoms with E-state index in [9.17, 15) is 9.59 Å². The summed E-state index contributed by atoms with van der Waals surface area (Å²) < 4.78 is 15.9. The van der Waals surface area contributed by atoms with Gasteiger partial charge in [0.1, 0.15) is 11.2 Å². The molecular formula is C29H32Cl2FN3O2. The van der Waals surface area contributed by atoms with Crippen LogP contribution in [0.3, 0.4) is 0 Å². The van der Waals surface area contributed by atoms with Crippen LogP contribution in [0, 0.1) is 5.82 Å². The molecule has 37 heavy (non-hydrogen) atoms. The van der Waals surface area contributed by atoms with Gasteiger partial charge < -0.3 is 10.6 Å². The molecule has 8 heteroatoms. The van der Waals surface area contributed by atoms with E-state index in [0.29, 0.717) is 29.1 Å². The Morgan fingerprint density at radius 1 is 1.00 bits per heavy atom. The van der Waals surface area contributed by atoms with E-state index in [2.05, 4.69) is 16.0 Å². The van der Waals surface area contributed by atoms with Crippen molar-refractivity contribution >= 4 is 40.7 Å². The first-order valence-corrected chi connectivity index (χ1v) is 14.3. The third-order valence-corrected chi connectivity index (χ3v) is 9.78. The lowest BCUT2D eigenvalue weighted by Gasteiger charge is -2.47. The van der Waals surface area contributed by atoms with E-state index in [1.807, 2.05) is 6.07 Å². The lowest BCUT2D eigenvalue weighted by Crippen LogP contribution is -2.60. The molecule has 2 saturated carbocycles. The maximum absolute atomic E-state index is 15.9. The summed E-state index contributed by atoms with van der Waals surface area (Å²) in [5.74, 6) is -1.74. The highest BCUT2D eigenvalue weighted by Gasteiger charge is 2.72. The molecule has 3 fully saturated rings. The molecule has 2 aromatic carbocycles. The number of carbonyl (C=O) groups is 2. The van der Waals surface area contributed by atoms with Crippen LogP contribution in [0.5, 0.6) is 0 Å². The van der Waals surface area contributed by atoms with Gasteiger partial charge in [0.05, 0.1) is 11.1 Å². The van der Waals surface area contributed by atoms with Crippen LogP contribution in [0.25, 0.3) is 0 Å². The SMILES string of the molecule is O=C(NC1CCCCC1)[C@@H]1NC2(CCCCC2)[C@@]2(C(=O)Nc3cc(Cl)ccc32)[C@H]1c1cccc(Cl)c1F. The lowest BCUT2D eigenvalue weighted by atomic mass is 9.55. The van der Waals surface area contributed by atoms with Crippen LogP contribution >= 0.6 is 23.2 Å². The quantitative estimate of drug-likeness (QED) is 0.429. The molecule has 196 valence electrons. The van der Waals surface area contributed by atoms with Crippen LogP contribution in [0.1, 0.15) is 81.3 Å². The number of amides is 2. The lowest BCUT2D eigenvalue weighted by molar-refractivity contribution is -0.124. The van der Waals surface area contributed by atoms with Crippen LogP contribution in [0.2, 0.25) is 10.0 Å². The van der Waals surface area contributed by atoms with Crippen LogP contribution in [0.4, 0.5) is 10.1 Å². The van der Waals surface area contributed by atoms with Crippen molar-refractivity contribution in [2.24, 2.45) is 0 Å². The van der Waals surface area contributed by atoms with Gasteiger partial charge in [0.2, 0.25) is 11.8 Å². The van der Waals surface area contributed by atoms with E-state index in [0.717, 1.165) is 50.5 Å². The number of carbonyl (C=O) groups excluding carboxylic acids is 2. The Bertz CT molecular complexity index is 1240. The Morgan fingerprint density at radius 2 is 1.73 bits per heavy atom. The number of benzene rings is 2. The highest BCUT2D eigenvalue weighted by Crippen LogP contribution is 2.62. The summed E-state index contributed by atoms with van der Waals surface area (Å²) >= 11 is 12.6. The molecule has 0 aromatic heterocycles. The van der Waals surface area contributed by atoms with Crippen LogP contribution in [0.15, 0.2) is 36.4 Å². The van der Waals surface area contributed by atoms with E-state index in [4.69, 9.17) is 23.2 Å². The van der Waals surface area contributed by atoms with Gasteiger partial charge in [-0.1, -0.05) is 79.9 Å². The summed E-state index contributed by atoms with van der Waals surface area (Å²) in [6.45, 7) is 0. The van der Waals surface area contributed by atoms with E-state index in [1.165, 1.54) is 12.5 Å². The molecule has 6 rings (SSSR count). The summed E-state index contributed by atoms with van der Waals surface area (Å²) in [6, 6.07) is 9.59. The highest BCUT2D eigenvalue weighted by atomic mass is 35.5. The fourth-order valence-corrected chi connectivity index (χ4v) is 8.11. The van der Waals surface area contributed by atoms with Gasteiger partial charge in [-0.25, -0.2) is 4.39 Å². The second-order valence-corrected chi connectivity index (χ2v) is 12.0. The first-order chi connectivity index (χ1) is 17.9. The van der Waals surface area contributed by atoms with Crippen molar-refractivity contribution in [3.05, 3.63) is 63.4 Å². The molecular weight excluding hydrogens is 512 g/mol. The molecule has 2 heterocycles. The molecule has 0 radical (unpaired) electrons. The molecule has 0 unspecified atom stereocenters. The van der Waals surface area contributed by atoms with Crippen molar-refractivity contribution in [1.82, 2.24) is 10.6 Å². The first-order valence-electron chi connectivity index (χ1n) is 13.5. The average Bonchev–Trinajstić information content (AvgIpc) is 3.34. The molecule has 0 bridgehead atoms. The van der Waals surface area contributed by atoms with Crippen LogP contribution in [-0.2, 0) is 15.0 Å². The largest absolute Gasteiger partial charge is 0.352 e. The van der Waals surface area contributed by atoms with E-state index < -0.39 is 28.7 Å². The first kappa shape index (κ1) is 25.1. The van der Waals surface area contributed by atoms with Gasteiger partial charge in [-0.2, -0.15) is 0 Å². The van der Waals surface area contributed by atoms with Gasteiger partial charge in [-0.15, -0.1) is 0 Å². The minimum atomic E-state index is -1.19. The van der Waals surface area contributed by atoms with Crippen molar-refractivity contribution in [3.63, 3.8) is 0 Å². The van der Waals surface area contributed by atoms with Crippen molar-refractivity contribution < 1.29 is 14.0 Å². The van der Waals surface area contributed by atoms with Crippen molar-refractivity contribution in [2.45, 2.75) is 93.2 Å². The smallest absolute Gasteiger partial charge is 0.238 e. The molecule has 5 nitrogen and oxygen atoms in total. The monoisotopic (exact) mass is 543 g/mol. The average molecular weight is 544 g/mol. The fraction of sp³-hybridized carbons (Fsp3) is 0.517. The third-order valence-electron chi connectivity index (χ3n) is 9.26. The zero-order valence-corrected chi connectivity index (χ0v) is 22.2. The summed E-state index contributed by atoms with van der Waals surface area (Å²) in [5.41, 5.74) is -0.196. The topological polar surface area (TPSA) is 70.2 Å². The maximum Gasteiger partial charge on any atom is 0.238 e. The normalized spacial score (nSPS) is 28.9. The number of halogens is 3. The van der Waals surface area contributed by atoms with Crippen LogP contribution in [-0.4, -0.2) is 29.4 Å². The Kier molecular flexibility index (Phi) is 6.49. The molecule has 2 aromatic rings. The van der Waals surface area contributed by atoms with Gasteiger partial charge in [0, 0.05) is 28.2 Å². The Hall–Kier alpha value is -2.15. The number of anilines is 1. The van der Waals surface area contributed by atoms with E-state index in [1.54, 1.807) is 24.3 Å². The maximum atomic E-state index is 15.9. The molecule has 1 saturated heterocycles. The van der Waals surface area contributed by atoms with Gasteiger partial charge in [0.15, 0.2) is 0 Å². The molecule has 4 aliphatic rings. The highest BCUT2D eigenvalue weighted by molar-refractivity contribution is 6.31. The van der Waals surface area contributed by atoms with Gasteiger partial charge in [-0.05, 0) is 55.0 Å². The number of hydrogen-bond donors (Lipinski definition) is 3. The summed E-state index contributed by atoms with van der Waals surface area (Å²) in [6.07, 6.45) is 9.56. The molecule has 3 N–H and O–H groups in total. The third kappa shape index (κ3) is 3.82. The standard InChI is InChI=1S/C29H32Cl2FN3O2/c30-17-12-13-20-22(16-17)34-27(37)29(20)23(19-10-7-11-21(31)24(19)32)25(35-28(29)14-5-2-6-15-28)26(36)33-18-8-3-1-4-9-18/h7,10-13,16,18,23,25,35H,1-6,8-9,14-15H2,(H,33,36)(H,34,37)/t23-,25+,29+/m0/s1. The van der Waals surface area contributed by atoms with E-state index in [-0.39, 0.29) is 22.9 Å². The fourth-order valence-electron chi connectivity index (χ4n) is 7.76. The number of fused-ring (bicyclic) bond motifs is 3. The zero-order valence-electron chi connectivity index (χ0n) is 20.7. The zero-order chi connectivity index (χ0) is 25.8. The Labute approximate surface area is 226 Å². The molecule has 2 aliphatic carbocycles. The molecule has 3 atom stereocenters. The number of nitrogens with one attached hydrogen (secondary N) is 3. The second-order valence-electron chi connectivity index (χ2n) is 11.2. The second kappa shape index (κ2) is 9.55. The van der Waals surface area contributed by atoms with Gasteiger partial charge in [-0.3, -0.25) is 14.9 Å². The number of hydrogen-bond acceptors (Lipinski definition) is 3. The minimum Gasteiger partial charge on any atom is -0.352 e. The predicted octanol–water partition coefficient (Wildman–Crippen LogP) is 6.23. The number of rotatable bonds is 3. The van der Waals surface area contributed by atoms with Gasteiger partial charge in [0.25, 0.3) is 0 Å². The minimum absolute atomic E-state index is 0.0154.